The van der Waals surface area contributed by atoms with Gasteiger partial charge < -0.3 is 20.0 Å². The van der Waals surface area contributed by atoms with Crippen LogP contribution in [-0.4, -0.2) is 58.7 Å². The number of nitrogens with one attached hydrogen (secondary N) is 2. The standard InChI is InChI=1S/C23H28N4O6S/c1-34-13-9-20(25-22(29)17-4-2-5-18(14-17)27(31)32)23(30)26-10-7-16(8-11-26)21(28)24-15-19-6-3-12-33-19/h2-6,12,14,16,20H,7-11,13,15H2,1H3,(H,24,28)(H,25,29). The second-order valence-corrected chi connectivity index (χ2v) is 9.00. The van der Waals surface area contributed by atoms with Crippen molar-refractivity contribution >= 4 is 35.2 Å². The Bertz CT molecular complexity index is 1000. The molecule has 2 N–H and O–H groups in total. The molecule has 1 saturated heterocycles. The number of nitrogens with zero attached hydrogens (tertiary/aromatic N) is 2. The number of likely N-dealkylation sites (tertiary alicyclic amines) is 1. The highest BCUT2D eigenvalue weighted by Crippen LogP contribution is 2.20. The first-order chi connectivity index (χ1) is 16.4. The van der Waals surface area contributed by atoms with Gasteiger partial charge in [-0.2, -0.15) is 11.8 Å². The number of amides is 3. The van der Waals surface area contributed by atoms with E-state index < -0.39 is 16.9 Å². The number of thioether (sulfide) groups is 1. The van der Waals surface area contributed by atoms with Crippen LogP contribution in [0.25, 0.3) is 0 Å². The zero-order valence-corrected chi connectivity index (χ0v) is 19.7. The van der Waals surface area contributed by atoms with Crippen molar-refractivity contribution in [3.05, 3.63) is 64.1 Å². The van der Waals surface area contributed by atoms with Crippen molar-refractivity contribution < 1.29 is 23.7 Å². The van der Waals surface area contributed by atoms with E-state index in [2.05, 4.69) is 10.6 Å². The fourth-order valence-electron chi connectivity index (χ4n) is 3.81. The molecular formula is C23H28N4O6S. The molecule has 2 heterocycles. The first-order valence-electron chi connectivity index (χ1n) is 11.0. The molecule has 3 amide bonds. The van der Waals surface area contributed by atoms with Gasteiger partial charge in [0.1, 0.15) is 11.8 Å². The molecule has 3 rings (SSSR count). The largest absolute Gasteiger partial charge is 0.467 e. The molecule has 0 saturated carbocycles. The molecule has 0 bridgehead atoms. The number of nitro benzene ring substituents is 1. The van der Waals surface area contributed by atoms with E-state index in [1.807, 2.05) is 6.26 Å². The molecule has 1 unspecified atom stereocenters. The van der Waals surface area contributed by atoms with Gasteiger partial charge in [0.05, 0.1) is 17.7 Å². The van der Waals surface area contributed by atoms with Crippen LogP contribution in [-0.2, 0) is 16.1 Å². The lowest BCUT2D eigenvalue weighted by atomic mass is 9.95. The smallest absolute Gasteiger partial charge is 0.270 e. The molecule has 1 aromatic carbocycles. The third-order valence-corrected chi connectivity index (χ3v) is 6.37. The Balaban J connectivity index is 1.56. The van der Waals surface area contributed by atoms with Gasteiger partial charge in [-0.1, -0.05) is 6.07 Å². The number of non-ortho nitro benzene ring substituents is 1. The number of rotatable bonds is 10. The lowest BCUT2D eigenvalue weighted by molar-refractivity contribution is -0.384. The SMILES string of the molecule is CSCCC(NC(=O)c1cccc([N+](=O)[O-])c1)C(=O)N1CCC(C(=O)NCc2ccco2)CC1. The molecule has 1 atom stereocenters. The fraction of sp³-hybridized carbons (Fsp3) is 0.435. The Morgan fingerprint density at radius 2 is 2.00 bits per heavy atom. The Morgan fingerprint density at radius 3 is 2.65 bits per heavy atom. The maximum Gasteiger partial charge on any atom is 0.270 e. The van der Waals surface area contributed by atoms with Gasteiger partial charge in [0.15, 0.2) is 0 Å². The predicted molar refractivity (Wildman–Crippen MR) is 127 cm³/mol. The molecule has 0 spiro atoms. The summed E-state index contributed by atoms with van der Waals surface area (Å²) < 4.78 is 5.22. The van der Waals surface area contributed by atoms with E-state index in [1.54, 1.807) is 35.1 Å². The maximum atomic E-state index is 13.2. The normalized spacial score (nSPS) is 14.9. The van der Waals surface area contributed by atoms with E-state index in [1.165, 1.54) is 24.3 Å². The lowest BCUT2D eigenvalue weighted by Gasteiger charge is -2.34. The summed E-state index contributed by atoms with van der Waals surface area (Å²) in [4.78, 5) is 50.5. The zero-order valence-electron chi connectivity index (χ0n) is 18.9. The van der Waals surface area contributed by atoms with E-state index in [0.717, 1.165) is 0 Å². The molecular weight excluding hydrogens is 460 g/mol. The molecule has 10 nitrogen and oxygen atoms in total. The number of carbonyl (C=O) groups excluding carboxylic acids is 3. The van der Waals surface area contributed by atoms with Gasteiger partial charge in [0.25, 0.3) is 11.6 Å². The maximum absolute atomic E-state index is 13.2. The molecule has 182 valence electrons. The number of furan rings is 1. The summed E-state index contributed by atoms with van der Waals surface area (Å²) in [6.45, 7) is 1.16. The highest BCUT2D eigenvalue weighted by Gasteiger charge is 2.31. The average molecular weight is 489 g/mol. The van der Waals surface area contributed by atoms with E-state index in [0.29, 0.717) is 50.4 Å². The first kappa shape index (κ1) is 25.3. The summed E-state index contributed by atoms with van der Waals surface area (Å²) in [5.74, 6) is 0.344. The Labute approximate surface area is 201 Å². The van der Waals surface area contributed by atoms with Crippen LogP contribution in [0.15, 0.2) is 47.1 Å². The van der Waals surface area contributed by atoms with E-state index in [4.69, 9.17) is 4.42 Å². The minimum absolute atomic E-state index is 0.0681. The van der Waals surface area contributed by atoms with Gasteiger partial charge in [-0.05, 0) is 49.5 Å². The topological polar surface area (TPSA) is 135 Å². The summed E-state index contributed by atoms with van der Waals surface area (Å²) in [6.07, 6.45) is 4.96. The number of piperidine rings is 1. The van der Waals surface area contributed by atoms with Crippen LogP contribution in [0.4, 0.5) is 5.69 Å². The van der Waals surface area contributed by atoms with E-state index in [9.17, 15) is 24.5 Å². The van der Waals surface area contributed by atoms with Crippen LogP contribution in [0.3, 0.4) is 0 Å². The predicted octanol–water partition coefficient (Wildman–Crippen LogP) is 2.59. The lowest BCUT2D eigenvalue weighted by Crippen LogP contribution is -2.52. The number of nitro groups is 1. The second-order valence-electron chi connectivity index (χ2n) is 8.01. The summed E-state index contributed by atoms with van der Waals surface area (Å²) in [7, 11) is 0. The molecule has 2 aromatic rings. The van der Waals surface area contributed by atoms with Crippen LogP contribution in [0, 0.1) is 16.0 Å². The Hall–Kier alpha value is -3.34. The number of hydrogen-bond acceptors (Lipinski definition) is 7. The molecule has 1 aromatic heterocycles. The quantitative estimate of drug-likeness (QED) is 0.388. The van der Waals surface area contributed by atoms with Gasteiger partial charge in [-0.25, -0.2) is 0 Å². The average Bonchev–Trinajstić information content (AvgIpc) is 3.38. The second kappa shape index (κ2) is 12.2. The van der Waals surface area contributed by atoms with Gasteiger partial charge in [0.2, 0.25) is 11.8 Å². The van der Waals surface area contributed by atoms with Gasteiger partial charge in [-0.3, -0.25) is 24.5 Å². The number of carbonyl (C=O) groups is 3. The molecule has 1 aliphatic heterocycles. The zero-order chi connectivity index (χ0) is 24.5. The minimum Gasteiger partial charge on any atom is -0.467 e. The van der Waals surface area contributed by atoms with Crippen LogP contribution >= 0.6 is 11.8 Å². The summed E-state index contributed by atoms with van der Waals surface area (Å²) >= 11 is 1.56. The fourth-order valence-corrected chi connectivity index (χ4v) is 4.28. The van der Waals surface area contributed by atoms with Crippen molar-refractivity contribution in [2.75, 3.05) is 25.1 Å². The summed E-state index contributed by atoms with van der Waals surface area (Å²) in [5.41, 5.74) is -0.0601. The molecule has 1 aliphatic rings. The Morgan fingerprint density at radius 1 is 1.24 bits per heavy atom. The van der Waals surface area contributed by atoms with Gasteiger partial charge in [0, 0.05) is 36.7 Å². The number of benzene rings is 1. The molecule has 11 heteroatoms. The highest BCUT2D eigenvalue weighted by molar-refractivity contribution is 7.98. The minimum atomic E-state index is -0.747. The summed E-state index contributed by atoms with van der Waals surface area (Å²) in [5, 5.41) is 16.6. The van der Waals surface area contributed by atoms with Crippen LogP contribution in [0.2, 0.25) is 0 Å². The van der Waals surface area contributed by atoms with Crippen LogP contribution < -0.4 is 10.6 Å². The third kappa shape index (κ3) is 6.83. The highest BCUT2D eigenvalue weighted by atomic mass is 32.2. The molecule has 34 heavy (non-hydrogen) atoms. The van der Waals surface area contributed by atoms with E-state index >= 15 is 0 Å². The Kier molecular flexibility index (Phi) is 9.08. The monoisotopic (exact) mass is 488 g/mol. The molecule has 1 fully saturated rings. The van der Waals surface area contributed by atoms with E-state index in [-0.39, 0.29) is 29.0 Å². The molecule has 0 radical (unpaired) electrons. The van der Waals surface area contributed by atoms with Crippen molar-refractivity contribution in [2.45, 2.75) is 31.8 Å². The summed E-state index contributed by atoms with van der Waals surface area (Å²) in [6, 6.07) is 8.22. The van der Waals surface area contributed by atoms with Gasteiger partial charge in [-0.15, -0.1) is 0 Å². The first-order valence-corrected chi connectivity index (χ1v) is 12.4. The van der Waals surface area contributed by atoms with Crippen molar-refractivity contribution in [2.24, 2.45) is 5.92 Å². The van der Waals surface area contributed by atoms with Crippen LogP contribution in [0.5, 0.6) is 0 Å². The van der Waals surface area contributed by atoms with Crippen molar-refractivity contribution in [3.8, 4) is 0 Å². The van der Waals surface area contributed by atoms with Crippen molar-refractivity contribution in [1.29, 1.82) is 0 Å². The number of hydrogen-bond donors (Lipinski definition) is 2. The van der Waals surface area contributed by atoms with Crippen molar-refractivity contribution in [1.82, 2.24) is 15.5 Å². The molecule has 0 aliphatic carbocycles. The third-order valence-electron chi connectivity index (χ3n) is 5.73. The van der Waals surface area contributed by atoms with Crippen LogP contribution in [0.1, 0.15) is 35.4 Å². The van der Waals surface area contributed by atoms with Crippen molar-refractivity contribution in [3.63, 3.8) is 0 Å². The van der Waals surface area contributed by atoms with Gasteiger partial charge >= 0.3 is 0 Å².